The lowest BCUT2D eigenvalue weighted by Gasteiger charge is -2.23. The van der Waals surface area contributed by atoms with E-state index in [0.717, 1.165) is 5.56 Å². The third-order valence-electron chi connectivity index (χ3n) is 2.97. The van der Waals surface area contributed by atoms with Crippen LogP contribution in [0.2, 0.25) is 0 Å². The quantitative estimate of drug-likeness (QED) is 0.834. The molecule has 2 rings (SSSR count). The topological polar surface area (TPSA) is 43.1 Å². The van der Waals surface area contributed by atoms with E-state index in [1.54, 1.807) is 19.1 Å². The zero-order valence-electron chi connectivity index (χ0n) is 10.5. The molecule has 0 aromatic heterocycles. The molecule has 0 aliphatic carbocycles. The summed E-state index contributed by atoms with van der Waals surface area (Å²) in [5.74, 6) is -0.0213. The summed E-state index contributed by atoms with van der Waals surface area (Å²) in [6, 6.07) is 19.1. The van der Waals surface area contributed by atoms with Gasteiger partial charge in [-0.1, -0.05) is 60.7 Å². The molecular weight excluding hydrogens is 222 g/mol. The molecule has 18 heavy (non-hydrogen) atoms. The maximum absolute atomic E-state index is 12.3. The van der Waals surface area contributed by atoms with Crippen molar-refractivity contribution in [2.45, 2.75) is 18.9 Å². The highest BCUT2D eigenvalue weighted by Gasteiger charge is 2.29. The lowest BCUT2D eigenvalue weighted by molar-refractivity contribution is 0.0900. The van der Waals surface area contributed by atoms with Crippen LogP contribution in [0.1, 0.15) is 22.8 Å². The Bertz CT molecular complexity index is 517. The van der Waals surface area contributed by atoms with Crippen LogP contribution >= 0.6 is 0 Å². The van der Waals surface area contributed by atoms with Gasteiger partial charge < -0.3 is 5.73 Å². The first-order chi connectivity index (χ1) is 8.59. The van der Waals surface area contributed by atoms with E-state index < -0.39 is 5.54 Å². The maximum Gasteiger partial charge on any atom is 0.182 e. The molecule has 2 heteroatoms. The Morgan fingerprint density at radius 1 is 1.00 bits per heavy atom. The van der Waals surface area contributed by atoms with Gasteiger partial charge in [-0.3, -0.25) is 4.79 Å². The molecule has 1 unspecified atom stereocenters. The summed E-state index contributed by atoms with van der Waals surface area (Å²) in [4.78, 5) is 12.3. The van der Waals surface area contributed by atoms with E-state index in [0.29, 0.717) is 12.0 Å². The molecule has 0 fully saturated rings. The summed E-state index contributed by atoms with van der Waals surface area (Å²) >= 11 is 0. The van der Waals surface area contributed by atoms with Crippen LogP contribution in [0.5, 0.6) is 0 Å². The number of benzene rings is 2. The summed E-state index contributed by atoms with van der Waals surface area (Å²) in [6.07, 6.45) is 0.543. The molecule has 0 saturated carbocycles. The van der Waals surface area contributed by atoms with Gasteiger partial charge in [0.15, 0.2) is 5.78 Å². The fourth-order valence-electron chi connectivity index (χ4n) is 2.02. The van der Waals surface area contributed by atoms with Gasteiger partial charge in [0, 0.05) is 5.56 Å². The fourth-order valence-corrected chi connectivity index (χ4v) is 2.02. The normalized spacial score (nSPS) is 13.9. The molecule has 0 spiro atoms. The number of carbonyl (C=O) groups is 1. The van der Waals surface area contributed by atoms with Crippen LogP contribution in [0.25, 0.3) is 0 Å². The van der Waals surface area contributed by atoms with Crippen LogP contribution in [-0.4, -0.2) is 11.3 Å². The highest BCUT2D eigenvalue weighted by atomic mass is 16.1. The van der Waals surface area contributed by atoms with E-state index in [1.807, 2.05) is 48.5 Å². The minimum Gasteiger partial charge on any atom is -0.319 e. The molecule has 0 heterocycles. The van der Waals surface area contributed by atoms with E-state index in [1.165, 1.54) is 0 Å². The minimum atomic E-state index is -0.872. The van der Waals surface area contributed by atoms with Crippen molar-refractivity contribution in [1.82, 2.24) is 0 Å². The summed E-state index contributed by atoms with van der Waals surface area (Å²) in [5, 5.41) is 0. The van der Waals surface area contributed by atoms with Crippen molar-refractivity contribution < 1.29 is 4.79 Å². The number of ketones is 1. The molecule has 2 aromatic rings. The van der Waals surface area contributed by atoms with Crippen molar-refractivity contribution in [3.05, 3.63) is 71.8 Å². The Labute approximate surface area is 107 Å². The number of hydrogen-bond donors (Lipinski definition) is 1. The van der Waals surface area contributed by atoms with Gasteiger partial charge in [0.1, 0.15) is 0 Å². The first-order valence-corrected chi connectivity index (χ1v) is 6.02. The summed E-state index contributed by atoms with van der Waals surface area (Å²) in [5.41, 5.74) is 7.04. The third kappa shape index (κ3) is 2.84. The smallest absolute Gasteiger partial charge is 0.182 e. The molecule has 1 atom stereocenters. The van der Waals surface area contributed by atoms with Crippen LogP contribution < -0.4 is 5.73 Å². The van der Waals surface area contributed by atoms with Crippen molar-refractivity contribution in [2.75, 3.05) is 0 Å². The van der Waals surface area contributed by atoms with Gasteiger partial charge in [-0.2, -0.15) is 0 Å². The molecule has 0 aliphatic rings. The first kappa shape index (κ1) is 12.5. The Morgan fingerprint density at radius 2 is 1.50 bits per heavy atom. The van der Waals surface area contributed by atoms with Crippen molar-refractivity contribution in [2.24, 2.45) is 5.73 Å². The zero-order chi connectivity index (χ0) is 13.0. The molecular formula is C16H17NO. The molecule has 0 bridgehead atoms. The Morgan fingerprint density at radius 3 is 2.06 bits per heavy atom. The second-order valence-electron chi connectivity index (χ2n) is 4.77. The van der Waals surface area contributed by atoms with Gasteiger partial charge in [-0.15, -0.1) is 0 Å². The Balaban J connectivity index is 2.19. The van der Waals surface area contributed by atoms with Crippen molar-refractivity contribution in [1.29, 1.82) is 0 Å². The SMILES string of the molecule is CC(N)(Cc1ccccc1)C(=O)c1ccccc1. The number of rotatable bonds is 4. The van der Waals surface area contributed by atoms with E-state index >= 15 is 0 Å². The lowest BCUT2D eigenvalue weighted by Crippen LogP contribution is -2.46. The van der Waals surface area contributed by atoms with Gasteiger partial charge in [-0.25, -0.2) is 0 Å². The number of Topliss-reactive ketones (excluding diaryl/α,β-unsaturated/α-hetero) is 1. The second kappa shape index (κ2) is 5.15. The highest BCUT2D eigenvalue weighted by molar-refractivity contribution is 6.02. The molecule has 0 radical (unpaired) electrons. The molecule has 0 aliphatic heterocycles. The van der Waals surface area contributed by atoms with E-state index in [4.69, 9.17) is 5.73 Å². The standard InChI is InChI=1S/C16H17NO/c1-16(17,12-13-8-4-2-5-9-13)15(18)14-10-6-3-7-11-14/h2-11H,12,17H2,1H3. The van der Waals surface area contributed by atoms with E-state index in [9.17, 15) is 4.79 Å². The molecule has 2 N–H and O–H groups in total. The van der Waals surface area contributed by atoms with Crippen LogP contribution in [0.3, 0.4) is 0 Å². The predicted molar refractivity (Wildman–Crippen MR) is 73.5 cm³/mol. The zero-order valence-corrected chi connectivity index (χ0v) is 10.5. The van der Waals surface area contributed by atoms with Gasteiger partial charge in [-0.05, 0) is 18.9 Å². The summed E-state index contributed by atoms with van der Waals surface area (Å²) in [7, 11) is 0. The minimum absolute atomic E-state index is 0.0213. The van der Waals surface area contributed by atoms with E-state index in [2.05, 4.69) is 0 Å². The maximum atomic E-state index is 12.3. The first-order valence-electron chi connectivity index (χ1n) is 6.02. The molecule has 0 saturated heterocycles. The van der Waals surface area contributed by atoms with Crippen LogP contribution in [-0.2, 0) is 6.42 Å². The lowest BCUT2D eigenvalue weighted by atomic mass is 9.86. The average Bonchev–Trinajstić information content (AvgIpc) is 2.39. The Kier molecular flexibility index (Phi) is 3.58. The van der Waals surface area contributed by atoms with Gasteiger partial charge in [0.2, 0.25) is 0 Å². The van der Waals surface area contributed by atoms with Crippen LogP contribution in [0.4, 0.5) is 0 Å². The van der Waals surface area contributed by atoms with Gasteiger partial charge >= 0.3 is 0 Å². The monoisotopic (exact) mass is 239 g/mol. The average molecular weight is 239 g/mol. The number of nitrogens with two attached hydrogens (primary N) is 1. The number of hydrogen-bond acceptors (Lipinski definition) is 2. The molecule has 2 nitrogen and oxygen atoms in total. The van der Waals surface area contributed by atoms with Crippen LogP contribution in [0.15, 0.2) is 60.7 Å². The predicted octanol–water partition coefficient (Wildman–Crippen LogP) is 2.83. The largest absolute Gasteiger partial charge is 0.319 e. The van der Waals surface area contributed by atoms with Gasteiger partial charge in [0.05, 0.1) is 5.54 Å². The number of carbonyl (C=O) groups excluding carboxylic acids is 1. The van der Waals surface area contributed by atoms with Crippen LogP contribution in [0, 0.1) is 0 Å². The molecule has 92 valence electrons. The van der Waals surface area contributed by atoms with E-state index in [-0.39, 0.29) is 5.78 Å². The van der Waals surface area contributed by atoms with Crippen molar-refractivity contribution in [3.63, 3.8) is 0 Å². The summed E-state index contributed by atoms with van der Waals surface area (Å²) < 4.78 is 0. The molecule has 2 aromatic carbocycles. The second-order valence-corrected chi connectivity index (χ2v) is 4.77. The third-order valence-corrected chi connectivity index (χ3v) is 2.97. The molecule has 0 amide bonds. The van der Waals surface area contributed by atoms with Gasteiger partial charge in [0.25, 0.3) is 0 Å². The summed E-state index contributed by atoms with van der Waals surface area (Å²) in [6.45, 7) is 1.79. The van der Waals surface area contributed by atoms with Crippen molar-refractivity contribution >= 4 is 5.78 Å². The highest BCUT2D eigenvalue weighted by Crippen LogP contribution is 2.16. The Hall–Kier alpha value is -1.93. The van der Waals surface area contributed by atoms with Crippen molar-refractivity contribution in [3.8, 4) is 0 Å². The fraction of sp³-hybridized carbons (Fsp3) is 0.188.